The van der Waals surface area contributed by atoms with Crippen molar-refractivity contribution >= 4 is 27.5 Å². The molecule has 0 heterocycles. The van der Waals surface area contributed by atoms with Gasteiger partial charge in [0.05, 0.1) is 11.9 Å². The Morgan fingerprint density at radius 2 is 1.74 bits per heavy atom. The second kappa shape index (κ2) is 13.8. The molecule has 7 nitrogen and oxygen atoms in total. The van der Waals surface area contributed by atoms with Gasteiger partial charge in [0.15, 0.2) is 0 Å². The van der Waals surface area contributed by atoms with Crippen LogP contribution in [0.4, 0.5) is 5.69 Å². The quantitative estimate of drug-likeness (QED) is 0.405. The van der Waals surface area contributed by atoms with Crippen LogP contribution in [0.5, 0.6) is 0 Å². The van der Waals surface area contributed by atoms with Gasteiger partial charge in [0.2, 0.25) is 21.8 Å². The maximum atomic E-state index is 13.6. The van der Waals surface area contributed by atoms with Crippen molar-refractivity contribution in [3.63, 3.8) is 0 Å². The molecule has 1 aliphatic rings. The third kappa shape index (κ3) is 8.32. The lowest BCUT2D eigenvalue weighted by molar-refractivity contribution is -0.141. The summed E-state index contributed by atoms with van der Waals surface area (Å²) in [5, 5.41) is 3.20. The van der Waals surface area contributed by atoms with Crippen LogP contribution in [0.1, 0.15) is 75.0 Å². The molecule has 1 aliphatic carbocycles. The second-order valence-corrected chi connectivity index (χ2v) is 12.4. The highest BCUT2D eigenvalue weighted by Gasteiger charge is 2.30. The zero-order chi connectivity index (χ0) is 27.7. The number of nitrogens with one attached hydrogen (secondary N) is 1. The van der Waals surface area contributed by atoms with Gasteiger partial charge in [-0.05, 0) is 56.7 Å². The number of carbonyl (C=O) groups is 2. The van der Waals surface area contributed by atoms with E-state index in [0.717, 1.165) is 42.4 Å². The number of hydrogen-bond donors (Lipinski definition) is 1. The number of para-hydroxylation sites is 1. The molecule has 1 N–H and O–H groups in total. The van der Waals surface area contributed by atoms with Gasteiger partial charge < -0.3 is 10.2 Å². The molecule has 1 atom stereocenters. The van der Waals surface area contributed by atoms with E-state index in [2.05, 4.69) is 5.32 Å². The molecule has 3 rings (SSSR count). The van der Waals surface area contributed by atoms with E-state index < -0.39 is 16.1 Å². The molecule has 0 aromatic heterocycles. The van der Waals surface area contributed by atoms with Crippen LogP contribution in [0.3, 0.4) is 0 Å². The Kier molecular flexibility index (Phi) is 10.8. The highest BCUT2D eigenvalue weighted by molar-refractivity contribution is 7.92. The standard InChI is InChI=1S/C30H43N3O4S/c1-5-27(30(35)31-26-16-7-6-8-17-26)32(22-25-15-11-13-23(2)21-25)29(34)19-12-20-33(38(4,36)37)28-18-10-9-14-24(28)3/h9-11,13-15,18,21,26-27H,5-8,12,16-17,19-20,22H2,1-4H3,(H,31,35)/t27-/m1/s1. The first-order valence-electron chi connectivity index (χ1n) is 13.8. The van der Waals surface area contributed by atoms with Crippen LogP contribution < -0.4 is 9.62 Å². The summed E-state index contributed by atoms with van der Waals surface area (Å²) in [6.45, 7) is 6.35. The minimum absolute atomic E-state index is 0.0990. The number of amides is 2. The molecule has 0 saturated heterocycles. The van der Waals surface area contributed by atoms with Gasteiger partial charge in [0.25, 0.3) is 0 Å². The molecule has 8 heteroatoms. The Morgan fingerprint density at radius 3 is 2.37 bits per heavy atom. The van der Waals surface area contributed by atoms with Crippen LogP contribution in [0, 0.1) is 13.8 Å². The summed E-state index contributed by atoms with van der Waals surface area (Å²) in [6, 6.07) is 14.9. The topological polar surface area (TPSA) is 86.8 Å². The average molecular weight is 542 g/mol. The van der Waals surface area contributed by atoms with E-state index in [1.54, 1.807) is 11.0 Å². The summed E-state index contributed by atoms with van der Waals surface area (Å²) in [6.07, 6.45) is 7.60. The first kappa shape index (κ1) is 29.7. The molecule has 2 amide bonds. The van der Waals surface area contributed by atoms with Crippen LogP contribution in [0.25, 0.3) is 0 Å². The van der Waals surface area contributed by atoms with E-state index in [1.165, 1.54) is 17.0 Å². The summed E-state index contributed by atoms with van der Waals surface area (Å²) in [5.74, 6) is -0.242. The van der Waals surface area contributed by atoms with Crippen LogP contribution in [0.15, 0.2) is 48.5 Å². The summed E-state index contributed by atoms with van der Waals surface area (Å²) >= 11 is 0. The number of anilines is 1. The molecule has 0 spiro atoms. The number of rotatable bonds is 12. The molecule has 38 heavy (non-hydrogen) atoms. The average Bonchev–Trinajstić information content (AvgIpc) is 2.87. The smallest absolute Gasteiger partial charge is 0.243 e. The van der Waals surface area contributed by atoms with E-state index in [-0.39, 0.29) is 30.8 Å². The fourth-order valence-corrected chi connectivity index (χ4v) is 6.32. The van der Waals surface area contributed by atoms with Gasteiger partial charge in [-0.1, -0.05) is 74.2 Å². The number of aryl methyl sites for hydroxylation is 2. The molecule has 0 bridgehead atoms. The summed E-state index contributed by atoms with van der Waals surface area (Å²) in [5.41, 5.74) is 3.55. The van der Waals surface area contributed by atoms with Crippen molar-refractivity contribution in [3.8, 4) is 0 Å². The van der Waals surface area contributed by atoms with Gasteiger partial charge in [-0.3, -0.25) is 13.9 Å². The van der Waals surface area contributed by atoms with Gasteiger partial charge in [-0.2, -0.15) is 0 Å². The minimum atomic E-state index is -3.52. The molecule has 0 radical (unpaired) electrons. The van der Waals surface area contributed by atoms with Gasteiger partial charge in [-0.15, -0.1) is 0 Å². The highest BCUT2D eigenvalue weighted by Crippen LogP contribution is 2.23. The number of benzene rings is 2. The Labute approximate surface area is 228 Å². The van der Waals surface area contributed by atoms with Gasteiger partial charge in [-0.25, -0.2) is 8.42 Å². The van der Waals surface area contributed by atoms with Crippen molar-refractivity contribution in [2.75, 3.05) is 17.1 Å². The second-order valence-electron chi connectivity index (χ2n) is 10.5. The number of hydrogen-bond acceptors (Lipinski definition) is 4. The van der Waals surface area contributed by atoms with E-state index in [0.29, 0.717) is 25.1 Å². The lowest BCUT2D eigenvalue weighted by Gasteiger charge is -2.33. The predicted molar refractivity (Wildman–Crippen MR) is 153 cm³/mol. The van der Waals surface area contributed by atoms with Crippen LogP contribution in [-0.4, -0.2) is 50.0 Å². The SMILES string of the molecule is CC[C@H](C(=O)NC1CCCCC1)N(Cc1cccc(C)c1)C(=O)CCCN(c1ccccc1C)S(C)(=O)=O. The Bertz CT molecular complexity index is 1190. The maximum absolute atomic E-state index is 13.6. The first-order chi connectivity index (χ1) is 18.1. The van der Waals surface area contributed by atoms with Crippen molar-refractivity contribution in [2.45, 2.75) is 90.8 Å². The lowest BCUT2D eigenvalue weighted by Crippen LogP contribution is -2.51. The Morgan fingerprint density at radius 1 is 1.03 bits per heavy atom. The van der Waals surface area contributed by atoms with Crippen LogP contribution in [0.2, 0.25) is 0 Å². The van der Waals surface area contributed by atoms with Crippen molar-refractivity contribution < 1.29 is 18.0 Å². The largest absolute Gasteiger partial charge is 0.352 e. The van der Waals surface area contributed by atoms with Crippen molar-refractivity contribution in [3.05, 3.63) is 65.2 Å². The summed E-state index contributed by atoms with van der Waals surface area (Å²) < 4.78 is 26.5. The number of sulfonamides is 1. The monoisotopic (exact) mass is 541 g/mol. The fraction of sp³-hybridized carbons (Fsp3) is 0.533. The zero-order valence-electron chi connectivity index (χ0n) is 23.3. The number of nitrogens with zero attached hydrogens (tertiary/aromatic N) is 2. The minimum Gasteiger partial charge on any atom is -0.352 e. The van der Waals surface area contributed by atoms with Gasteiger partial charge in [0, 0.05) is 25.6 Å². The lowest BCUT2D eigenvalue weighted by atomic mass is 9.95. The molecule has 208 valence electrons. The molecule has 1 fully saturated rings. The molecule has 0 aliphatic heterocycles. The third-order valence-corrected chi connectivity index (χ3v) is 8.49. The molecular weight excluding hydrogens is 498 g/mol. The van der Waals surface area contributed by atoms with E-state index >= 15 is 0 Å². The summed E-state index contributed by atoms with van der Waals surface area (Å²) in [7, 11) is -3.52. The Balaban J connectivity index is 1.76. The molecule has 2 aromatic rings. The van der Waals surface area contributed by atoms with Crippen LogP contribution >= 0.6 is 0 Å². The summed E-state index contributed by atoms with van der Waals surface area (Å²) in [4.78, 5) is 28.7. The third-order valence-electron chi connectivity index (χ3n) is 7.31. The molecule has 1 saturated carbocycles. The fourth-order valence-electron chi connectivity index (χ4n) is 5.30. The van der Waals surface area contributed by atoms with Crippen molar-refractivity contribution in [1.29, 1.82) is 0 Å². The molecule has 2 aromatic carbocycles. The first-order valence-corrected chi connectivity index (χ1v) is 15.6. The maximum Gasteiger partial charge on any atom is 0.243 e. The Hall–Kier alpha value is -2.87. The predicted octanol–water partition coefficient (Wildman–Crippen LogP) is 5.11. The highest BCUT2D eigenvalue weighted by atomic mass is 32.2. The van der Waals surface area contributed by atoms with E-state index in [4.69, 9.17) is 0 Å². The van der Waals surface area contributed by atoms with E-state index in [1.807, 2.05) is 63.2 Å². The normalized spacial score (nSPS) is 15.1. The zero-order valence-corrected chi connectivity index (χ0v) is 24.1. The number of carbonyl (C=O) groups excluding carboxylic acids is 2. The molecule has 0 unspecified atom stereocenters. The van der Waals surface area contributed by atoms with Gasteiger partial charge >= 0.3 is 0 Å². The van der Waals surface area contributed by atoms with E-state index in [9.17, 15) is 18.0 Å². The molecular formula is C30H43N3O4S. The van der Waals surface area contributed by atoms with Crippen LogP contribution in [-0.2, 0) is 26.2 Å². The van der Waals surface area contributed by atoms with Crippen molar-refractivity contribution in [1.82, 2.24) is 10.2 Å². The van der Waals surface area contributed by atoms with Gasteiger partial charge in [0.1, 0.15) is 6.04 Å². The van der Waals surface area contributed by atoms with Crippen molar-refractivity contribution in [2.24, 2.45) is 0 Å².